The summed E-state index contributed by atoms with van der Waals surface area (Å²) in [6, 6.07) is 7.90. The summed E-state index contributed by atoms with van der Waals surface area (Å²) in [6.45, 7) is 6.43. The lowest BCUT2D eigenvalue weighted by Gasteiger charge is -2.22. The van der Waals surface area contributed by atoms with Crippen molar-refractivity contribution in [3.8, 4) is 0 Å². The summed E-state index contributed by atoms with van der Waals surface area (Å²) in [6.07, 6.45) is 2.52. The molecule has 0 amide bonds. The molecule has 5 nitrogen and oxygen atoms in total. The van der Waals surface area contributed by atoms with Gasteiger partial charge in [0.15, 0.2) is 5.96 Å². The Bertz CT molecular complexity index is 525. The van der Waals surface area contributed by atoms with E-state index in [1.54, 1.807) is 0 Å². The van der Waals surface area contributed by atoms with E-state index >= 15 is 0 Å². The number of hydrogen-bond donors (Lipinski definition) is 1. The number of ether oxygens (including phenoxy) is 2. The van der Waals surface area contributed by atoms with E-state index in [2.05, 4.69) is 28.2 Å². The minimum absolute atomic E-state index is 0. The van der Waals surface area contributed by atoms with Gasteiger partial charge in [0.05, 0.1) is 25.9 Å². The van der Waals surface area contributed by atoms with Gasteiger partial charge in [-0.25, -0.2) is 0 Å². The molecule has 142 valence electrons. The molecule has 1 saturated heterocycles. The summed E-state index contributed by atoms with van der Waals surface area (Å²) < 4.78 is 11.2. The first-order valence-electron chi connectivity index (χ1n) is 8.62. The van der Waals surface area contributed by atoms with Gasteiger partial charge < -0.3 is 19.7 Å². The molecule has 7 heteroatoms. The van der Waals surface area contributed by atoms with Crippen molar-refractivity contribution in [1.82, 2.24) is 10.2 Å². The van der Waals surface area contributed by atoms with Gasteiger partial charge in [-0.3, -0.25) is 4.99 Å². The summed E-state index contributed by atoms with van der Waals surface area (Å²) in [5.41, 5.74) is 1.16. The van der Waals surface area contributed by atoms with Crippen LogP contribution in [0, 0.1) is 0 Å². The smallest absolute Gasteiger partial charge is 0.194 e. The first kappa shape index (κ1) is 22.5. The molecule has 0 radical (unpaired) electrons. The van der Waals surface area contributed by atoms with Crippen LogP contribution in [-0.2, 0) is 16.0 Å². The largest absolute Gasteiger partial charge is 0.377 e. The summed E-state index contributed by atoms with van der Waals surface area (Å²) >= 11 is 6.05. The van der Waals surface area contributed by atoms with E-state index in [-0.39, 0.29) is 30.1 Å². The van der Waals surface area contributed by atoms with Crippen LogP contribution in [0.15, 0.2) is 29.3 Å². The Morgan fingerprint density at radius 2 is 2.32 bits per heavy atom. The van der Waals surface area contributed by atoms with E-state index in [0.717, 1.165) is 49.1 Å². The number of guanidine groups is 1. The standard InChI is InChI=1S/C18H28ClN3O2.HI/c1-3-20-18(21-9-11-23-14-17-8-5-10-24-17)22(2)13-15-6-4-7-16(19)12-15;/h4,6-7,12,17H,3,5,8-11,13-14H2,1-2H3,(H,20,21);1H. The molecule has 1 aromatic carbocycles. The van der Waals surface area contributed by atoms with Crippen molar-refractivity contribution in [2.75, 3.05) is 40.0 Å². The van der Waals surface area contributed by atoms with Gasteiger partial charge in [0.1, 0.15) is 0 Å². The minimum Gasteiger partial charge on any atom is -0.377 e. The molecular weight excluding hydrogens is 453 g/mol. The molecule has 0 spiro atoms. The Labute approximate surface area is 173 Å². The van der Waals surface area contributed by atoms with Gasteiger partial charge in [0.25, 0.3) is 0 Å². The van der Waals surface area contributed by atoms with Gasteiger partial charge in [-0.05, 0) is 37.5 Å². The number of aliphatic imine (C=N–C) groups is 1. The summed E-state index contributed by atoms with van der Waals surface area (Å²) in [4.78, 5) is 6.72. The molecule has 0 aliphatic carbocycles. The topological polar surface area (TPSA) is 46.1 Å². The normalized spacial score (nSPS) is 17.2. The lowest BCUT2D eigenvalue weighted by Crippen LogP contribution is -2.38. The fraction of sp³-hybridized carbons (Fsp3) is 0.611. The molecule has 1 fully saturated rings. The number of nitrogens with zero attached hydrogens (tertiary/aromatic N) is 2. The van der Waals surface area contributed by atoms with E-state index in [1.165, 1.54) is 0 Å². The highest BCUT2D eigenvalue weighted by molar-refractivity contribution is 14.0. The van der Waals surface area contributed by atoms with E-state index in [1.807, 2.05) is 25.2 Å². The van der Waals surface area contributed by atoms with E-state index < -0.39 is 0 Å². The SMILES string of the molecule is CCNC(=NCCOCC1CCCO1)N(C)Cc1cccc(Cl)c1.I. The molecular formula is C18H29ClIN3O2. The highest BCUT2D eigenvalue weighted by Crippen LogP contribution is 2.13. The third-order valence-corrected chi connectivity index (χ3v) is 4.07. The van der Waals surface area contributed by atoms with Crippen LogP contribution in [-0.4, -0.2) is 56.9 Å². The van der Waals surface area contributed by atoms with Crippen LogP contribution in [0.25, 0.3) is 0 Å². The second-order valence-corrected chi connectivity index (χ2v) is 6.37. The Morgan fingerprint density at radius 1 is 1.48 bits per heavy atom. The monoisotopic (exact) mass is 481 g/mol. The molecule has 0 saturated carbocycles. The van der Waals surface area contributed by atoms with Crippen molar-refractivity contribution >= 4 is 41.5 Å². The average molecular weight is 482 g/mol. The van der Waals surface area contributed by atoms with Crippen LogP contribution >= 0.6 is 35.6 Å². The van der Waals surface area contributed by atoms with Crippen LogP contribution in [0.5, 0.6) is 0 Å². The van der Waals surface area contributed by atoms with Gasteiger partial charge in [0, 0.05) is 31.8 Å². The maximum atomic E-state index is 6.05. The van der Waals surface area contributed by atoms with Crippen molar-refractivity contribution in [2.24, 2.45) is 4.99 Å². The highest BCUT2D eigenvalue weighted by Gasteiger charge is 2.15. The third kappa shape index (κ3) is 8.57. The van der Waals surface area contributed by atoms with Gasteiger partial charge in [-0.2, -0.15) is 0 Å². The Balaban J connectivity index is 0.00000312. The van der Waals surface area contributed by atoms with Crippen LogP contribution in [0.4, 0.5) is 0 Å². The van der Waals surface area contributed by atoms with Gasteiger partial charge in [-0.1, -0.05) is 23.7 Å². The molecule has 1 aliphatic heterocycles. The lowest BCUT2D eigenvalue weighted by molar-refractivity contribution is 0.0199. The summed E-state index contributed by atoms with van der Waals surface area (Å²) in [7, 11) is 2.02. The second-order valence-electron chi connectivity index (χ2n) is 5.93. The number of hydrogen-bond acceptors (Lipinski definition) is 3. The molecule has 1 atom stereocenters. The molecule has 0 aromatic heterocycles. The molecule has 25 heavy (non-hydrogen) atoms. The number of benzene rings is 1. The van der Waals surface area contributed by atoms with E-state index in [0.29, 0.717) is 19.8 Å². The Morgan fingerprint density at radius 3 is 3.00 bits per heavy atom. The lowest BCUT2D eigenvalue weighted by atomic mass is 10.2. The highest BCUT2D eigenvalue weighted by atomic mass is 127. The van der Waals surface area contributed by atoms with Crippen LogP contribution in [0.1, 0.15) is 25.3 Å². The first-order valence-corrected chi connectivity index (χ1v) is 9.00. The van der Waals surface area contributed by atoms with Gasteiger partial charge in [0.2, 0.25) is 0 Å². The minimum atomic E-state index is 0. The van der Waals surface area contributed by atoms with Crippen molar-refractivity contribution in [3.05, 3.63) is 34.9 Å². The molecule has 1 unspecified atom stereocenters. The van der Waals surface area contributed by atoms with Crippen molar-refractivity contribution in [3.63, 3.8) is 0 Å². The van der Waals surface area contributed by atoms with Crippen molar-refractivity contribution in [1.29, 1.82) is 0 Å². The van der Waals surface area contributed by atoms with Gasteiger partial charge >= 0.3 is 0 Å². The molecule has 1 aliphatic rings. The summed E-state index contributed by atoms with van der Waals surface area (Å²) in [5.74, 6) is 0.873. The van der Waals surface area contributed by atoms with Crippen LogP contribution < -0.4 is 5.32 Å². The third-order valence-electron chi connectivity index (χ3n) is 3.83. The summed E-state index contributed by atoms with van der Waals surface area (Å²) in [5, 5.41) is 4.07. The van der Waals surface area contributed by atoms with Crippen molar-refractivity contribution in [2.45, 2.75) is 32.4 Å². The zero-order valence-electron chi connectivity index (χ0n) is 15.0. The maximum absolute atomic E-state index is 6.05. The molecule has 1 heterocycles. The Hall–Kier alpha value is -0.570. The average Bonchev–Trinajstić information content (AvgIpc) is 3.07. The first-order chi connectivity index (χ1) is 11.7. The zero-order valence-corrected chi connectivity index (χ0v) is 18.1. The molecule has 1 N–H and O–H groups in total. The maximum Gasteiger partial charge on any atom is 0.194 e. The van der Waals surface area contributed by atoms with Crippen LogP contribution in [0.3, 0.4) is 0 Å². The van der Waals surface area contributed by atoms with E-state index in [4.69, 9.17) is 21.1 Å². The fourth-order valence-electron chi connectivity index (χ4n) is 2.66. The van der Waals surface area contributed by atoms with Crippen LogP contribution in [0.2, 0.25) is 5.02 Å². The van der Waals surface area contributed by atoms with Gasteiger partial charge in [-0.15, -0.1) is 24.0 Å². The number of halogens is 2. The van der Waals surface area contributed by atoms with E-state index in [9.17, 15) is 0 Å². The molecule has 0 bridgehead atoms. The molecule has 2 rings (SSSR count). The fourth-order valence-corrected chi connectivity index (χ4v) is 2.87. The zero-order chi connectivity index (χ0) is 17.2. The quantitative estimate of drug-likeness (QED) is 0.267. The molecule has 1 aromatic rings. The predicted molar refractivity (Wildman–Crippen MR) is 114 cm³/mol. The number of rotatable bonds is 8. The van der Waals surface area contributed by atoms with Crippen molar-refractivity contribution < 1.29 is 9.47 Å². The number of nitrogens with one attached hydrogen (secondary N) is 1. The second kappa shape index (κ2) is 12.7. The Kier molecular flexibility index (Phi) is 11.4. The predicted octanol–water partition coefficient (Wildman–Crippen LogP) is 3.55.